The highest BCUT2D eigenvalue weighted by Gasteiger charge is 2.35. The SMILES string of the molecule is FC(F)(CN1CCCC(Cl)C1)c1ccccc1. The minimum atomic E-state index is -2.80. The van der Waals surface area contributed by atoms with Crippen LogP contribution in [-0.4, -0.2) is 29.9 Å². The van der Waals surface area contributed by atoms with E-state index in [0.717, 1.165) is 12.8 Å². The van der Waals surface area contributed by atoms with Crippen LogP contribution >= 0.6 is 11.6 Å². The molecule has 0 amide bonds. The molecule has 1 aromatic rings. The molecule has 1 atom stereocenters. The Hall–Kier alpha value is -0.670. The van der Waals surface area contributed by atoms with Crippen molar-refractivity contribution in [1.82, 2.24) is 4.90 Å². The van der Waals surface area contributed by atoms with E-state index >= 15 is 0 Å². The Bertz CT molecular complexity index is 356. The lowest BCUT2D eigenvalue weighted by molar-refractivity contribution is -0.0411. The number of hydrogen-bond donors (Lipinski definition) is 0. The van der Waals surface area contributed by atoms with Crippen LogP contribution in [0.15, 0.2) is 30.3 Å². The minimum Gasteiger partial charge on any atom is -0.296 e. The quantitative estimate of drug-likeness (QED) is 0.751. The molecular formula is C13H16ClF2N. The molecule has 1 aromatic carbocycles. The number of benzene rings is 1. The molecule has 4 heteroatoms. The van der Waals surface area contributed by atoms with Crippen LogP contribution in [0.3, 0.4) is 0 Å². The van der Waals surface area contributed by atoms with Crippen LogP contribution in [0.1, 0.15) is 18.4 Å². The van der Waals surface area contributed by atoms with Crippen molar-refractivity contribution in [3.8, 4) is 0 Å². The molecule has 1 aliphatic heterocycles. The Morgan fingerprint density at radius 3 is 2.65 bits per heavy atom. The van der Waals surface area contributed by atoms with Crippen LogP contribution in [-0.2, 0) is 5.92 Å². The predicted molar refractivity (Wildman–Crippen MR) is 65.7 cm³/mol. The number of piperidine rings is 1. The summed E-state index contributed by atoms with van der Waals surface area (Å²) in [5.41, 5.74) is 0.0803. The van der Waals surface area contributed by atoms with Crippen molar-refractivity contribution >= 4 is 11.6 Å². The summed E-state index contributed by atoms with van der Waals surface area (Å²) in [5, 5.41) is 0.00956. The molecule has 0 radical (unpaired) electrons. The molecule has 1 fully saturated rings. The Kier molecular flexibility index (Phi) is 4.00. The van der Waals surface area contributed by atoms with Crippen LogP contribution in [0.5, 0.6) is 0 Å². The highest BCUT2D eigenvalue weighted by atomic mass is 35.5. The number of hydrogen-bond acceptors (Lipinski definition) is 1. The van der Waals surface area contributed by atoms with Gasteiger partial charge >= 0.3 is 0 Å². The molecule has 94 valence electrons. The highest BCUT2D eigenvalue weighted by Crippen LogP contribution is 2.30. The smallest absolute Gasteiger partial charge is 0.285 e. The van der Waals surface area contributed by atoms with Gasteiger partial charge < -0.3 is 0 Å². The van der Waals surface area contributed by atoms with Gasteiger partial charge in [-0.1, -0.05) is 30.3 Å². The van der Waals surface area contributed by atoms with E-state index < -0.39 is 5.92 Å². The summed E-state index contributed by atoms with van der Waals surface area (Å²) in [5.74, 6) is -2.80. The van der Waals surface area contributed by atoms with Crippen LogP contribution in [0, 0.1) is 0 Å². The lowest BCUT2D eigenvalue weighted by Crippen LogP contribution is -2.42. The first kappa shape index (κ1) is 12.8. The van der Waals surface area contributed by atoms with Crippen molar-refractivity contribution in [2.24, 2.45) is 0 Å². The zero-order valence-electron chi connectivity index (χ0n) is 9.58. The van der Waals surface area contributed by atoms with Crippen molar-refractivity contribution in [3.63, 3.8) is 0 Å². The number of alkyl halides is 3. The monoisotopic (exact) mass is 259 g/mol. The van der Waals surface area contributed by atoms with E-state index in [9.17, 15) is 8.78 Å². The predicted octanol–water partition coefficient (Wildman–Crippen LogP) is 3.48. The maximum Gasteiger partial charge on any atom is 0.285 e. The molecule has 2 rings (SSSR count). The fourth-order valence-electron chi connectivity index (χ4n) is 2.20. The lowest BCUT2D eigenvalue weighted by Gasteiger charge is -2.32. The van der Waals surface area contributed by atoms with Gasteiger partial charge in [-0.3, -0.25) is 4.90 Å². The summed E-state index contributed by atoms with van der Waals surface area (Å²) in [6.07, 6.45) is 1.83. The number of rotatable bonds is 3. The van der Waals surface area contributed by atoms with Crippen molar-refractivity contribution in [2.75, 3.05) is 19.6 Å². The summed E-state index contributed by atoms with van der Waals surface area (Å²) in [6, 6.07) is 7.98. The third-order valence-electron chi connectivity index (χ3n) is 3.07. The molecule has 1 nitrogen and oxygen atoms in total. The van der Waals surface area contributed by atoms with Crippen LogP contribution in [0.25, 0.3) is 0 Å². The van der Waals surface area contributed by atoms with Crippen LogP contribution in [0.4, 0.5) is 8.78 Å². The number of nitrogens with zero attached hydrogens (tertiary/aromatic N) is 1. The zero-order chi connectivity index (χ0) is 12.3. The topological polar surface area (TPSA) is 3.24 Å². The van der Waals surface area contributed by atoms with Gasteiger partial charge in [0.2, 0.25) is 0 Å². The summed E-state index contributed by atoms with van der Waals surface area (Å²) in [6.45, 7) is 1.04. The van der Waals surface area contributed by atoms with Gasteiger partial charge in [0.05, 0.1) is 6.54 Å². The van der Waals surface area contributed by atoms with Gasteiger partial charge in [0.15, 0.2) is 0 Å². The van der Waals surface area contributed by atoms with Gasteiger partial charge in [-0.25, -0.2) is 0 Å². The Morgan fingerprint density at radius 1 is 1.29 bits per heavy atom. The van der Waals surface area contributed by atoms with E-state index in [1.807, 2.05) is 0 Å². The summed E-state index contributed by atoms with van der Waals surface area (Å²) >= 11 is 6.00. The minimum absolute atomic E-state index is 0.00956. The van der Waals surface area contributed by atoms with E-state index in [4.69, 9.17) is 11.6 Å². The Balaban J connectivity index is 2.01. The second-order valence-electron chi connectivity index (χ2n) is 4.55. The standard InChI is InChI=1S/C13H16ClF2N/c14-12-7-4-8-17(9-12)10-13(15,16)11-5-2-1-3-6-11/h1-3,5-6,12H,4,7-10H2. The average Bonchev–Trinajstić information content (AvgIpc) is 2.29. The average molecular weight is 260 g/mol. The van der Waals surface area contributed by atoms with Gasteiger partial charge in [-0.05, 0) is 19.4 Å². The number of likely N-dealkylation sites (tertiary alicyclic amines) is 1. The molecule has 0 aromatic heterocycles. The third-order valence-corrected chi connectivity index (χ3v) is 3.42. The Morgan fingerprint density at radius 2 is 2.00 bits per heavy atom. The Labute approximate surface area is 105 Å². The van der Waals surface area contributed by atoms with Crippen molar-refractivity contribution in [2.45, 2.75) is 24.1 Å². The van der Waals surface area contributed by atoms with E-state index in [2.05, 4.69) is 0 Å². The molecule has 17 heavy (non-hydrogen) atoms. The van der Waals surface area contributed by atoms with Gasteiger partial charge in [0, 0.05) is 17.5 Å². The van der Waals surface area contributed by atoms with Gasteiger partial charge in [0.1, 0.15) is 0 Å². The van der Waals surface area contributed by atoms with Crippen molar-refractivity contribution < 1.29 is 8.78 Å². The van der Waals surface area contributed by atoms with E-state index in [0.29, 0.717) is 13.1 Å². The molecule has 1 aliphatic rings. The summed E-state index contributed by atoms with van der Waals surface area (Å²) in [4.78, 5) is 1.76. The maximum atomic E-state index is 14.0. The maximum absolute atomic E-state index is 14.0. The molecule has 0 spiro atoms. The second-order valence-corrected chi connectivity index (χ2v) is 5.16. The van der Waals surface area contributed by atoms with Gasteiger partial charge in [0.25, 0.3) is 5.92 Å². The van der Waals surface area contributed by atoms with E-state index in [1.54, 1.807) is 23.1 Å². The number of halogens is 3. The normalized spacial score (nSPS) is 22.6. The fraction of sp³-hybridized carbons (Fsp3) is 0.538. The first-order chi connectivity index (χ1) is 8.08. The molecule has 1 heterocycles. The van der Waals surface area contributed by atoms with Crippen molar-refractivity contribution in [1.29, 1.82) is 0 Å². The van der Waals surface area contributed by atoms with E-state index in [1.165, 1.54) is 12.1 Å². The first-order valence-electron chi connectivity index (χ1n) is 5.88. The summed E-state index contributed by atoms with van der Waals surface area (Å²) < 4.78 is 28.0. The van der Waals surface area contributed by atoms with Crippen LogP contribution < -0.4 is 0 Å². The molecule has 0 aliphatic carbocycles. The van der Waals surface area contributed by atoms with Gasteiger partial charge in [-0.15, -0.1) is 11.6 Å². The largest absolute Gasteiger partial charge is 0.296 e. The van der Waals surface area contributed by atoms with Crippen molar-refractivity contribution in [3.05, 3.63) is 35.9 Å². The molecule has 0 saturated carbocycles. The van der Waals surface area contributed by atoms with Crippen LogP contribution in [0.2, 0.25) is 0 Å². The van der Waals surface area contributed by atoms with E-state index in [-0.39, 0.29) is 17.5 Å². The highest BCUT2D eigenvalue weighted by molar-refractivity contribution is 6.20. The molecule has 1 saturated heterocycles. The lowest BCUT2D eigenvalue weighted by atomic mass is 10.1. The first-order valence-corrected chi connectivity index (χ1v) is 6.31. The molecular weight excluding hydrogens is 244 g/mol. The summed E-state index contributed by atoms with van der Waals surface area (Å²) in [7, 11) is 0. The molecule has 1 unspecified atom stereocenters. The third kappa shape index (κ3) is 3.39. The second kappa shape index (κ2) is 5.32. The zero-order valence-corrected chi connectivity index (χ0v) is 10.3. The fourth-order valence-corrected chi connectivity index (χ4v) is 2.55. The molecule has 0 N–H and O–H groups in total. The van der Waals surface area contributed by atoms with Gasteiger partial charge in [-0.2, -0.15) is 8.78 Å². The molecule has 0 bridgehead atoms.